The Morgan fingerprint density at radius 2 is 1.24 bits per heavy atom. The number of phenolic OH excluding ortho intramolecular Hbond substituents is 2. The number of carbonyl (C=O) groups excluding carboxylic acids is 4. The Hall–Kier alpha value is -5.48. The van der Waals surface area contributed by atoms with Gasteiger partial charge in [0.2, 0.25) is 23.6 Å². The number of aromatic nitrogens is 2. The predicted molar refractivity (Wildman–Crippen MR) is 176 cm³/mol. The van der Waals surface area contributed by atoms with Gasteiger partial charge in [-0.2, -0.15) is 0 Å². The lowest BCUT2D eigenvalue weighted by molar-refractivity contribution is -0.142. The van der Waals surface area contributed by atoms with E-state index < -0.39 is 72.3 Å². The van der Waals surface area contributed by atoms with Gasteiger partial charge in [0.05, 0.1) is 12.9 Å². The van der Waals surface area contributed by atoms with Crippen LogP contribution in [0.3, 0.4) is 0 Å². The van der Waals surface area contributed by atoms with E-state index >= 15 is 0 Å². The average molecular weight is 682 g/mol. The number of carbonyl (C=O) groups is 5. The summed E-state index contributed by atoms with van der Waals surface area (Å²) in [6.45, 7) is 2.81. The third-order valence-corrected chi connectivity index (χ3v) is 7.94. The molecule has 0 radical (unpaired) electrons. The topological polar surface area (TPSA) is 269 Å². The monoisotopic (exact) mass is 681 g/mol. The highest BCUT2D eigenvalue weighted by Crippen LogP contribution is 2.15. The van der Waals surface area contributed by atoms with Gasteiger partial charge in [0, 0.05) is 31.2 Å². The number of benzene rings is 2. The lowest BCUT2D eigenvalue weighted by Crippen LogP contribution is -2.60. The number of nitrogens with one attached hydrogen (secondary N) is 5. The highest BCUT2D eigenvalue weighted by atomic mass is 16.4. The van der Waals surface area contributed by atoms with Crippen molar-refractivity contribution in [2.45, 2.75) is 69.7 Å². The third kappa shape index (κ3) is 11.6. The van der Waals surface area contributed by atoms with Crippen LogP contribution < -0.4 is 27.0 Å². The summed E-state index contributed by atoms with van der Waals surface area (Å²) in [6.07, 6.45) is 2.98. The van der Waals surface area contributed by atoms with Gasteiger partial charge >= 0.3 is 5.97 Å². The van der Waals surface area contributed by atoms with Crippen molar-refractivity contribution < 1.29 is 44.4 Å². The zero-order valence-corrected chi connectivity index (χ0v) is 27.1. The number of hydrogen-bond donors (Lipinski definition) is 10. The van der Waals surface area contributed by atoms with Crippen LogP contribution in [0.25, 0.3) is 0 Å². The first-order valence-corrected chi connectivity index (χ1v) is 15.6. The van der Waals surface area contributed by atoms with E-state index in [-0.39, 0.29) is 30.8 Å². The molecule has 2 aromatic carbocycles. The van der Waals surface area contributed by atoms with Crippen LogP contribution in [0.2, 0.25) is 0 Å². The first-order valence-electron chi connectivity index (χ1n) is 15.6. The number of phenols is 2. The maximum absolute atomic E-state index is 13.9. The Bertz CT molecular complexity index is 1550. The van der Waals surface area contributed by atoms with Crippen LogP contribution in [-0.4, -0.2) is 96.8 Å². The summed E-state index contributed by atoms with van der Waals surface area (Å²) >= 11 is 0. The minimum Gasteiger partial charge on any atom is -0.508 e. The van der Waals surface area contributed by atoms with Gasteiger partial charge < -0.3 is 52.4 Å². The van der Waals surface area contributed by atoms with Crippen LogP contribution in [0.1, 0.15) is 37.1 Å². The molecular formula is C33H43N7O9. The number of aliphatic hydroxyl groups is 1. The molecule has 0 spiro atoms. The number of aliphatic carboxylic acids is 1. The minimum atomic E-state index is -1.33. The number of aromatic amines is 1. The summed E-state index contributed by atoms with van der Waals surface area (Å²) in [7, 11) is 0. The third-order valence-electron chi connectivity index (χ3n) is 7.94. The molecule has 0 bridgehead atoms. The molecule has 0 aliphatic heterocycles. The van der Waals surface area contributed by atoms with E-state index in [4.69, 9.17) is 5.73 Å². The van der Waals surface area contributed by atoms with E-state index in [2.05, 4.69) is 31.2 Å². The number of imidazole rings is 1. The SMILES string of the molecule is CC[C@H](C)[C@H](NC(=O)[C@H](Cc1ccc(O)cc1)NC(=O)[C@H](Cc1ccc(O)cc1)NC(=O)[C@@H](N)CO)C(=O)N[C@@H](Cc1cnc[nH]1)C(=O)O. The zero-order chi connectivity index (χ0) is 36.1. The van der Waals surface area contributed by atoms with Crippen LogP contribution in [-0.2, 0) is 43.2 Å². The van der Waals surface area contributed by atoms with E-state index in [9.17, 15) is 44.4 Å². The molecule has 6 atom stereocenters. The molecule has 4 amide bonds. The quantitative estimate of drug-likeness (QED) is 0.0797. The molecule has 1 aromatic heterocycles. The fraction of sp³-hybridized carbons (Fsp3) is 0.394. The van der Waals surface area contributed by atoms with Crippen LogP contribution in [0.4, 0.5) is 0 Å². The zero-order valence-electron chi connectivity index (χ0n) is 27.1. The summed E-state index contributed by atoms with van der Waals surface area (Å²) in [5, 5.41) is 48.9. The molecule has 3 aromatic rings. The predicted octanol–water partition coefficient (Wildman–Crippen LogP) is -0.762. The van der Waals surface area contributed by atoms with Crippen molar-refractivity contribution in [1.82, 2.24) is 31.2 Å². The van der Waals surface area contributed by atoms with Gasteiger partial charge in [0.1, 0.15) is 41.7 Å². The van der Waals surface area contributed by atoms with Crippen LogP contribution in [0.5, 0.6) is 11.5 Å². The first-order chi connectivity index (χ1) is 23.3. The lowest BCUT2D eigenvalue weighted by Gasteiger charge is -2.29. The smallest absolute Gasteiger partial charge is 0.326 e. The van der Waals surface area contributed by atoms with Gasteiger partial charge in [-0.05, 0) is 41.3 Å². The van der Waals surface area contributed by atoms with E-state index in [1.807, 2.05) is 0 Å². The second-order valence-corrected chi connectivity index (χ2v) is 11.7. The van der Waals surface area contributed by atoms with E-state index in [1.165, 1.54) is 36.8 Å². The van der Waals surface area contributed by atoms with Gasteiger partial charge in [0.25, 0.3) is 0 Å². The van der Waals surface area contributed by atoms with Gasteiger partial charge in [-0.3, -0.25) is 19.2 Å². The molecule has 264 valence electrons. The molecule has 3 rings (SSSR count). The summed E-state index contributed by atoms with van der Waals surface area (Å²) in [5.41, 5.74) is 7.23. The summed E-state index contributed by atoms with van der Waals surface area (Å²) in [5.74, 6) is -4.93. The molecule has 0 aliphatic rings. The van der Waals surface area contributed by atoms with Gasteiger partial charge in [0.15, 0.2) is 0 Å². The van der Waals surface area contributed by atoms with Crippen LogP contribution >= 0.6 is 0 Å². The van der Waals surface area contributed by atoms with Gasteiger partial charge in [-0.1, -0.05) is 44.5 Å². The number of rotatable bonds is 18. The Morgan fingerprint density at radius 1 is 0.755 bits per heavy atom. The number of carboxylic acid groups (broad SMARTS) is 1. The van der Waals surface area contributed by atoms with Gasteiger partial charge in [-0.25, -0.2) is 9.78 Å². The van der Waals surface area contributed by atoms with Gasteiger partial charge in [-0.15, -0.1) is 0 Å². The van der Waals surface area contributed by atoms with Crippen molar-refractivity contribution in [3.05, 3.63) is 77.9 Å². The van der Waals surface area contributed by atoms with Crippen LogP contribution in [0, 0.1) is 5.92 Å². The van der Waals surface area contributed by atoms with Crippen molar-refractivity contribution >= 4 is 29.6 Å². The molecule has 1 heterocycles. The Balaban J connectivity index is 1.89. The first kappa shape index (κ1) is 38.0. The molecule has 0 unspecified atom stereocenters. The molecule has 0 fully saturated rings. The average Bonchev–Trinajstić information content (AvgIpc) is 3.60. The molecule has 49 heavy (non-hydrogen) atoms. The van der Waals surface area contributed by atoms with Crippen molar-refractivity contribution in [1.29, 1.82) is 0 Å². The number of H-pyrrole nitrogens is 1. The normalized spacial score (nSPS) is 14.7. The highest BCUT2D eigenvalue weighted by Gasteiger charge is 2.34. The lowest BCUT2D eigenvalue weighted by atomic mass is 9.96. The molecule has 16 nitrogen and oxygen atoms in total. The molecular weight excluding hydrogens is 638 g/mol. The van der Waals surface area contributed by atoms with Crippen LogP contribution in [0.15, 0.2) is 61.1 Å². The highest BCUT2D eigenvalue weighted by molar-refractivity contribution is 5.95. The van der Waals surface area contributed by atoms with Crippen molar-refractivity contribution in [2.24, 2.45) is 11.7 Å². The second kappa shape index (κ2) is 18.2. The molecule has 0 saturated heterocycles. The Kier molecular flexibility index (Phi) is 14.1. The second-order valence-electron chi connectivity index (χ2n) is 11.7. The Labute approximate surface area is 282 Å². The number of carboxylic acids is 1. The number of nitrogens with zero attached hydrogens (tertiary/aromatic N) is 1. The maximum atomic E-state index is 13.9. The van der Waals surface area contributed by atoms with E-state index in [0.29, 0.717) is 23.2 Å². The fourth-order valence-corrected chi connectivity index (χ4v) is 4.82. The summed E-state index contributed by atoms with van der Waals surface area (Å²) in [6, 6.07) is 5.31. The number of amides is 4. The number of aliphatic hydroxyl groups excluding tert-OH is 1. The fourth-order valence-electron chi connectivity index (χ4n) is 4.82. The number of nitrogens with two attached hydrogens (primary N) is 1. The number of aromatic hydroxyl groups is 2. The largest absolute Gasteiger partial charge is 0.508 e. The van der Waals surface area contributed by atoms with Crippen molar-refractivity contribution in [3.63, 3.8) is 0 Å². The molecule has 11 N–H and O–H groups in total. The van der Waals surface area contributed by atoms with Crippen molar-refractivity contribution in [2.75, 3.05) is 6.61 Å². The molecule has 16 heteroatoms. The maximum Gasteiger partial charge on any atom is 0.326 e. The molecule has 0 saturated carbocycles. The minimum absolute atomic E-state index is 0.0161. The summed E-state index contributed by atoms with van der Waals surface area (Å²) in [4.78, 5) is 72.4. The van der Waals surface area contributed by atoms with Crippen molar-refractivity contribution in [3.8, 4) is 11.5 Å². The number of hydrogen-bond acceptors (Lipinski definition) is 10. The molecule has 0 aliphatic carbocycles. The van der Waals surface area contributed by atoms with E-state index in [0.717, 1.165) is 0 Å². The Morgan fingerprint density at radius 3 is 1.69 bits per heavy atom. The summed E-state index contributed by atoms with van der Waals surface area (Å²) < 4.78 is 0. The van der Waals surface area contributed by atoms with E-state index in [1.54, 1.807) is 38.1 Å². The standard InChI is InChI=1S/C33H43N7O9/c1-3-18(2)28(32(47)39-27(33(48)49)14-21-15-35-17-36-21)40-31(46)26(13-20-6-10-23(43)11-7-20)38-30(45)25(37-29(44)24(34)16-41)12-19-4-8-22(42)9-5-19/h4-11,15,17-18,24-28,41-43H,3,12-14,16,34H2,1-2H3,(H,35,36)(H,37,44)(H,38,45)(H,39,47)(H,40,46)(H,48,49)/t18-,24-,25-,26-,27-,28-/m0/s1.